The van der Waals surface area contributed by atoms with Crippen LogP contribution in [-0.2, 0) is 9.05 Å². The maximum absolute atomic E-state index is 11.9. The lowest BCUT2D eigenvalue weighted by Crippen LogP contribution is -2.28. The summed E-state index contributed by atoms with van der Waals surface area (Å²) in [5.74, 6) is -0.807. The van der Waals surface area contributed by atoms with Gasteiger partial charge in [0.15, 0.2) is 0 Å². The molecule has 0 aliphatic carbocycles. The highest BCUT2D eigenvalue weighted by molar-refractivity contribution is 9.10. The molecule has 0 unspecified atom stereocenters. The van der Waals surface area contributed by atoms with Crippen LogP contribution in [-0.4, -0.2) is 27.3 Å². The number of carbonyl (C=O) groups is 1. The van der Waals surface area contributed by atoms with Gasteiger partial charge in [-0.25, -0.2) is 17.2 Å². The minimum absolute atomic E-state index is 0.0794. The third-order valence-corrected chi connectivity index (χ3v) is 3.62. The second-order valence-corrected chi connectivity index (χ2v) is 6.70. The fraction of sp³-hybridized carbons (Fsp3) is 0.222. The summed E-state index contributed by atoms with van der Waals surface area (Å²) in [6, 6.07) is 3.51. The SMILES string of the molecule is O=C(NCC(F)F)c1cc(Br)cc(S(=O)(=O)Cl)c1. The molecule has 1 aromatic carbocycles. The first-order valence-corrected chi connectivity index (χ1v) is 7.62. The maximum atomic E-state index is 11.9. The Bertz CT molecular complexity index is 565. The largest absolute Gasteiger partial charge is 0.346 e. The van der Waals surface area contributed by atoms with Gasteiger partial charge in [-0.1, -0.05) is 15.9 Å². The molecule has 0 heterocycles. The Kier molecular flexibility index (Phi) is 5.06. The van der Waals surface area contributed by atoms with E-state index in [2.05, 4.69) is 15.9 Å². The minimum Gasteiger partial charge on any atom is -0.346 e. The Balaban J connectivity index is 3.03. The van der Waals surface area contributed by atoms with E-state index in [-0.39, 0.29) is 10.5 Å². The van der Waals surface area contributed by atoms with Crippen LogP contribution in [0.5, 0.6) is 0 Å². The van der Waals surface area contributed by atoms with Crippen LogP contribution in [0, 0.1) is 0 Å². The Morgan fingerprint density at radius 2 is 2.00 bits per heavy atom. The van der Waals surface area contributed by atoms with Gasteiger partial charge in [-0.05, 0) is 18.2 Å². The Morgan fingerprint density at radius 1 is 1.39 bits per heavy atom. The topological polar surface area (TPSA) is 63.2 Å². The standard InChI is InChI=1S/C9H7BrClF2NO3S/c10-6-1-5(9(15)14-4-8(12)13)2-7(3-6)18(11,16)17/h1-3,8H,4H2,(H,14,15). The summed E-state index contributed by atoms with van der Waals surface area (Å²) in [6.45, 7) is -0.811. The molecule has 1 rings (SSSR count). The molecule has 0 saturated carbocycles. The number of rotatable bonds is 4. The van der Waals surface area contributed by atoms with E-state index in [9.17, 15) is 22.0 Å². The molecule has 0 bridgehead atoms. The lowest BCUT2D eigenvalue weighted by Gasteiger charge is -2.06. The third kappa shape index (κ3) is 4.51. The first-order chi connectivity index (χ1) is 8.20. The summed E-state index contributed by atoms with van der Waals surface area (Å²) in [4.78, 5) is 11.2. The van der Waals surface area contributed by atoms with E-state index in [0.29, 0.717) is 4.47 Å². The molecule has 0 aliphatic rings. The summed E-state index contributed by atoms with van der Waals surface area (Å²) in [5.41, 5.74) is -0.0794. The number of hydrogen-bond donors (Lipinski definition) is 1. The molecule has 0 radical (unpaired) electrons. The number of benzene rings is 1. The van der Waals surface area contributed by atoms with Crippen molar-refractivity contribution in [2.24, 2.45) is 0 Å². The van der Waals surface area contributed by atoms with Crippen molar-refractivity contribution in [3.05, 3.63) is 28.2 Å². The Morgan fingerprint density at radius 3 is 2.50 bits per heavy atom. The third-order valence-electron chi connectivity index (χ3n) is 1.83. The van der Waals surface area contributed by atoms with Crippen LogP contribution in [0.25, 0.3) is 0 Å². The molecular weight excluding hydrogens is 356 g/mol. The van der Waals surface area contributed by atoms with Gasteiger partial charge in [-0.2, -0.15) is 0 Å². The van der Waals surface area contributed by atoms with Gasteiger partial charge in [0.25, 0.3) is 21.4 Å². The van der Waals surface area contributed by atoms with Crippen LogP contribution < -0.4 is 5.32 Å². The molecule has 18 heavy (non-hydrogen) atoms. The van der Waals surface area contributed by atoms with Crippen molar-refractivity contribution in [2.75, 3.05) is 6.54 Å². The van der Waals surface area contributed by atoms with Crippen LogP contribution in [0.3, 0.4) is 0 Å². The van der Waals surface area contributed by atoms with Gasteiger partial charge in [0.2, 0.25) is 0 Å². The number of nitrogens with one attached hydrogen (secondary N) is 1. The Hall–Kier alpha value is -0.730. The zero-order chi connectivity index (χ0) is 13.9. The van der Waals surface area contributed by atoms with E-state index in [4.69, 9.17) is 10.7 Å². The number of amides is 1. The van der Waals surface area contributed by atoms with E-state index in [1.54, 1.807) is 0 Å². The van der Waals surface area contributed by atoms with Crippen molar-refractivity contribution in [2.45, 2.75) is 11.3 Å². The molecule has 0 aliphatic heterocycles. The van der Waals surface area contributed by atoms with Crippen molar-refractivity contribution in [1.29, 1.82) is 0 Å². The van der Waals surface area contributed by atoms with Crippen molar-refractivity contribution < 1.29 is 22.0 Å². The summed E-state index contributed by atoms with van der Waals surface area (Å²) in [6.07, 6.45) is -2.68. The average Bonchev–Trinajstić information content (AvgIpc) is 2.23. The fourth-order valence-electron chi connectivity index (χ4n) is 1.11. The summed E-state index contributed by atoms with van der Waals surface area (Å²) >= 11 is 3.00. The van der Waals surface area contributed by atoms with Crippen molar-refractivity contribution in [3.63, 3.8) is 0 Å². The predicted octanol–water partition coefficient (Wildman–Crippen LogP) is 2.37. The highest BCUT2D eigenvalue weighted by atomic mass is 79.9. The summed E-state index contributed by atoms with van der Waals surface area (Å²) in [5, 5.41) is 1.96. The van der Waals surface area contributed by atoms with Crippen LogP contribution in [0.4, 0.5) is 8.78 Å². The number of halogens is 4. The molecule has 100 valence electrons. The van der Waals surface area contributed by atoms with Gasteiger partial charge in [0, 0.05) is 20.7 Å². The van der Waals surface area contributed by atoms with E-state index in [1.807, 2.05) is 5.32 Å². The first-order valence-electron chi connectivity index (χ1n) is 4.52. The van der Waals surface area contributed by atoms with E-state index in [1.165, 1.54) is 12.1 Å². The molecule has 1 aromatic rings. The van der Waals surface area contributed by atoms with Gasteiger partial charge in [-0.3, -0.25) is 4.79 Å². The molecule has 4 nitrogen and oxygen atoms in total. The Labute approximate surface area is 115 Å². The van der Waals surface area contributed by atoms with Crippen LogP contribution in [0.2, 0.25) is 0 Å². The lowest BCUT2D eigenvalue weighted by atomic mass is 10.2. The monoisotopic (exact) mass is 361 g/mol. The highest BCUT2D eigenvalue weighted by Crippen LogP contribution is 2.22. The molecule has 0 fully saturated rings. The fourth-order valence-corrected chi connectivity index (χ4v) is 2.55. The van der Waals surface area contributed by atoms with Gasteiger partial charge in [-0.15, -0.1) is 0 Å². The van der Waals surface area contributed by atoms with Crippen LogP contribution in [0.15, 0.2) is 27.6 Å². The number of alkyl halides is 2. The van der Waals surface area contributed by atoms with Crippen LogP contribution in [0.1, 0.15) is 10.4 Å². The van der Waals surface area contributed by atoms with Gasteiger partial charge in [0.05, 0.1) is 11.4 Å². The second kappa shape index (κ2) is 5.94. The summed E-state index contributed by atoms with van der Waals surface area (Å²) in [7, 11) is 1.14. The normalized spacial score (nSPS) is 11.6. The molecule has 0 spiro atoms. The van der Waals surface area contributed by atoms with E-state index < -0.39 is 27.9 Å². The summed E-state index contributed by atoms with van der Waals surface area (Å²) < 4.78 is 46.4. The number of hydrogen-bond acceptors (Lipinski definition) is 3. The van der Waals surface area contributed by atoms with Crippen molar-refractivity contribution in [3.8, 4) is 0 Å². The quantitative estimate of drug-likeness (QED) is 0.837. The van der Waals surface area contributed by atoms with Gasteiger partial charge < -0.3 is 5.32 Å². The smallest absolute Gasteiger partial charge is 0.261 e. The zero-order valence-electron chi connectivity index (χ0n) is 8.66. The molecule has 1 N–H and O–H groups in total. The molecular formula is C9H7BrClF2NO3S. The maximum Gasteiger partial charge on any atom is 0.261 e. The van der Waals surface area contributed by atoms with E-state index in [0.717, 1.165) is 6.07 Å². The molecule has 9 heteroatoms. The van der Waals surface area contributed by atoms with Gasteiger partial charge in [0.1, 0.15) is 0 Å². The van der Waals surface area contributed by atoms with Crippen molar-refractivity contribution >= 4 is 41.6 Å². The molecule has 1 amide bonds. The molecule has 0 atom stereocenters. The lowest BCUT2D eigenvalue weighted by molar-refractivity contribution is 0.0891. The van der Waals surface area contributed by atoms with E-state index >= 15 is 0 Å². The van der Waals surface area contributed by atoms with Gasteiger partial charge >= 0.3 is 0 Å². The number of carbonyl (C=O) groups excluding carboxylic acids is 1. The second-order valence-electron chi connectivity index (χ2n) is 3.21. The highest BCUT2D eigenvalue weighted by Gasteiger charge is 2.16. The average molecular weight is 363 g/mol. The minimum atomic E-state index is -4.00. The molecule has 0 saturated heterocycles. The van der Waals surface area contributed by atoms with Crippen LogP contribution >= 0.6 is 26.6 Å². The predicted molar refractivity (Wildman–Crippen MR) is 65.5 cm³/mol. The zero-order valence-corrected chi connectivity index (χ0v) is 11.8. The first kappa shape index (κ1) is 15.3. The molecule has 0 aromatic heterocycles. The van der Waals surface area contributed by atoms with Crippen molar-refractivity contribution in [1.82, 2.24) is 5.32 Å².